The summed E-state index contributed by atoms with van der Waals surface area (Å²) in [5.74, 6) is 1.31. The first-order valence-corrected chi connectivity index (χ1v) is 9.92. The molecule has 1 saturated carbocycles. The molecule has 0 aromatic carbocycles. The minimum Gasteiger partial charge on any atom is -0.349 e. The Kier molecular flexibility index (Phi) is 4.89. The van der Waals surface area contributed by atoms with Gasteiger partial charge in [0.25, 0.3) is 0 Å². The largest absolute Gasteiger partial charge is 0.349 e. The van der Waals surface area contributed by atoms with Crippen molar-refractivity contribution in [2.24, 2.45) is 11.3 Å². The first-order valence-electron chi connectivity index (χ1n) is 9.92. The van der Waals surface area contributed by atoms with Gasteiger partial charge in [0.1, 0.15) is 5.69 Å². The molecule has 142 valence electrons. The number of rotatable bonds is 4. The summed E-state index contributed by atoms with van der Waals surface area (Å²) in [6.07, 6.45) is 14.1. The van der Waals surface area contributed by atoms with Crippen LogP contribution in [0.25, 0.3) is 11.5 Å². The van der Waals surface area contributed by atoms with Crippen molar-refractivity contribution < 1.29 is 4.79 Å². The molecule has 2 aliphatic carbocycles. The number of aromatic nitrogens is 4. The summed E-state index contributed by atoms with van der Waals surface area (Å²) >= 11 is 0. The fraction of sp³-hybridized carbons (Fsp3) is 0.571. The molecule has 2 aromatic rings. The van der Waals surface area contributed by atoms with Crippen LogP contribution in [-0.2, 0) is 11.2 Å². The molecule has 4 rings (SSSR count). The van der Waals surface area contributed by atoms with Gasteiger partial charge in [-0.2, -0.15) is 0 Å². The molecule has 2 aromatic heterocycles. The van der Waals surface area contributed by atoms with E-state index in [0.717, 1.165) is 24.1 Å². The van der Waals surface area contributed by atoms with Crippen molar-refractivity contribution in [1.29, 1.82) is 0 Å². The molecule has 0 saturated heterocycles. The van der Waals surface area contributed by atoms with Crippen LogP contribution in [0.1, 0.15) is 69.7 Å². The van der Waals surface area contributed by atoms with Crippen molar-refractivity contribution in [3.8, 4) is 11.5 Å². The van der Waals surface area contributed by atoms with Gasteiger partial charge in [0.2, 0.25) is 5.91 Å². The summed E-state index contributed by atoms with van der Waals surface area (Å²) in [5, 5.41) is 3.27. The van der Waals surface area contributed by atoms with Gasteiger partial charge >= 0.3 is 0 Å². The first kappa shape index (κ1) is 18.0. The predicted octanol–water partition coefficient (Wildman–Crippen LogP) is 3.64. The number of fused-ring (bicyclic) bond motifs is 1. The number of hydrogen-bond acceptors (Lipinski definition) is 5. The average molecular weight is 365 g/mol. The lowest BCUT2D eigenvalue weighted by atomic mass is 9.74. The molecule has 0 aliphatic heterocycles. The molecular weight excluding hydrogens is 338 g/mol. The Morgan fingerprint density at radius 1 is 1.19 bits per heavy atom. The summed E-state index contributed by atoms with van der Waals surface area (Å²) in [4.78, 5) is 30.3. The van der Waals surface area contributed by atoms with E-state index in [2.05, 4.69) is 34.1 Å². The van der Waals surface area contributed by atoms with Crippen LogP contribution in [0.15, 0.2) is 24.8 Å². The first-order chi connectivity index (χ1) is 13.0. The monoisotopic (exact) mass is 365 g/mol. The quantitative estimate of drug-likeness (QED) is 0.894. The maximum absolute atomic E-state index is 12.6. The van der Waals surface area contributed by atoms with E-state index in [4.69, 9.17) is 4.98 Å². The van der Waals surface area contributed by atoms with Gasteiger partial charge in [-0.05, 0) is 37.0 Å². The Morgan fingerprint density at radius 3 is 2.74 bits per heavy atom. The van der Waals surface area contributed by atoms with E-state index >= 15 is 0 Å². The molecule has 1 amide bonds. The molecule has 1 unspecified atom stereocenters. The summed E-state index contributed by atoms with van der Waals surface area (Å²) in [6.45, 7) is 4.46. The zero-order valence-corrected chi connectivity index (χ0v) is 16.1. The van der Waals surface area contributed by atoms with Crippen molar-refractivity contribution in [3.05, 3.63) is 36.0 Å². The van der Waals surface area contributed by atoms with E-state index in [1.165, 1.54) is 25.7 Å². The average Bonchev–Trinajstić information content (AvgIpc) is 3.14. The highest BCUT2D eigenvalue weighted by Crippen LogP contribution is 2.40. The van der Waals surface area contributed by atoms with Crippen molar-refractivity contribution in [2.75, 3.05) is 0 Å². The van der Waals surface area contributed by atoms with Crippen LogP contribution < -0.4 is 5.32 Å². The molecule has 0 radical (unpaired) electrons. The number of nitrogens with one attached hydrogen (secondary N) is 1. The normalized spacial score (nSPS) is 21.6. The lowest BCUT2D eigenvalue weighted by molar-refractivity contribution is -0.123. The van der Waals surface area contributed by atoms with Gasteiger partial charge in [0, 0.05) is 30.6 Å². The maximum atomic E-state index is 12.6. The lowest BCUT2D eigenvalue weighted by Gasteiger charge is -2.36. The zero-order chi connectivity index (χ0) is 18.9. The molecule has 1 N–H and O–H groups in total. The number of hydrogen-bond donors (Lipinski definition) is 1. The smallest absolute Gasteiger partial charge is 0.220 e. The fourth-order valence-corrected chi connectivity index (χ4v) is 4.44. The van der Waals surface area contributed by atoms with Gasteiger partial charge in [0.15, 0.2) is 5.82 Å². The molecule has 1 atom stereocenters. The highest BCUT2D eigenvalue weighted by Gasteiger charge is 2.35. The minimum atomic E-state index is -0.0199. The van der Waals surface area contributed by atoms with Gasteiger partial charge in [-0.3, -0.25) is 9.78 Å². The number of carbonyl (C=O) groups excluding carboxylic acids is 1. The third kappa shape index (κ3) is 4.15. The number of carbonyl (C=O) groups is 1. The summed E-state index contributed by atoms with van der Waals surface area (Å²) in [6, 6.07) is -0.0199. The molecule has 0 bridgehead atoms. The molecular formula is C21H27N5O. The van der Waals surface area contributed by atoms with Crippen LogP contribution in [0.3, 0.4) is 0 Å². The van der Waals surface area contributed by atoms with Gasteiger partial charge in [-0.15, -0.1) is 0 Å². The van der Waals surface area contributed by atoms with E-state index in [1.807, 2.05) is 6.20 Å². The second-order valence-corrected chi connectivity index (χ2v) is 8.71. The second kappa shape index (κ2) is 7.33. The van der Waals surface area contributed by atoms with Crippen LogP contribution in [-0.4, -0.2) is 25.8 Å². The topological polar surface area (TPSA) is 80.7 Å². The summed E-state index contributed by atoms with van der Waals surface area (Å²) in [7, 11) is 0. The molecule has 0 spiro atoms. The van der Waals surface area contributed by atoms with E-state index in [0.29, 0.717) is 23.9 Å². The fourth-order valence-electron chi connectivity index (χ4n) is 4.44. The van der Waals surface area contributed by atoms with E-state index in [-0.39, 0.29) is 17.4 Å². The third-order valence-corrected chi connectivity index (χ3v) is 5.75. The van der Waals surface area contributed by atoms with Crippen molar-refractivity contribution in [1.82, 2.24) is 25.3 Å². The van der Waals surface area contributed by atoms with Crippen molar-refractivity contribution >= 4 is 5.91 Å². The Bertz CT molecular complexity index is 815. The minimum absolute atomic E-state index is 0.0199. The zero-order valence-electron chi connectivity index (χ0n) is 16.1. The van der Waals surface area contributed by atoms with E-state index in [1.54, 1.807) is 18.6 Å². The molecule has 6 heteroatoms. The van der Waals surface area contributed by atoms with Crippen LogP contribution >= 0.6 is 0 Å². The predicted molar refractivity (Wildman–Crippen MR) is 103 cm³/mol. The van der Waals surface area contributed by atoms with Gasteiger partial charge in [-0.25, -0.2) is 15.0 Å². The molecule has 2 aliphatic rings. The van der Waals surface area contributed by atoms with E-state index in [9.17, 15) is 4.79 Å². The molecule has 2 heterocycles. The molecule has 6 nitrogen and oxygen atoms in total. The van der Waals surface area contributed by atoms with Crippen LogP contribution in [0.5, 0.6) is 0 Å². The van der Waals surface area contributed by atoms with Crippen molar-refractivity contribution in [3.63, 3.8) is 0 Å². The Morgan fingerprint density at radius 2 is 2.00 bits per heavy atom. The van der Waals surface area contributed by atoms with Crippen molar-refractivity contribution in [2.45, 2.75) is 64.8 Å². The van der Waals surface area contributed by atoms with Gasteiger partial charge in [-0.1, -0.05) is 26.7 Å². The highest BCUT2D eigenvalue weighted by atomic mass is 16.1. The lowest BCUT2D eigenvalue weighted by Crippen LogP contribution is -2.37. The molecule has 27 heavy (non-hydrogen) atoms. The number of nitrogens with zero attached hydrogens (tertiary/aromatic N) is 4. The molecule has 1 fully saturated rings. The van der Waals surface area contributed by atoms with Gasteiger partial charge < -0.3 is 5.32 Å². The Labute approximate surface area is 160 Å². The second-order valence-electron chi connectivity index (χ2n) is 8.71. The van der Waals surface area contributed by atoms with Crippen LogP contribution in [0.4, 0.5) is 0 Å². The third-order valence-electron chi connectivity index (χ3n) is 5.75. The summed E-state index contributed by atoms with van der Waals surface area (Å²) < 4.78 is 0. The van der Waals surface area contributed by atoms with Crippen LogP contribution in [0, 0.1) is 11.3 Å². The maximum Gasteiger partial charge on any atom is 0.220 e. The highest BCUT2D eigenvalue weighted by molar-refractivity contribution is 5.76. The standard InChI is InChI=1S/C21H27N5O/c1-21(2)10-16(25-19(27)9-14-5-3-4-6-14)15-12-24-20(26-17(15)11-21)18-13-22-7-8-23-18/h7-8,12-14,16H,3-6,9-11H2,1-2H3,(H,25,27). The van der Waals surface area contributed by atoms with Crippen LogP contribution in [0.2, 0.25) is 0 Å². The van der Waals surface area contributed by atoms with E-state index < -0.39 is 0 Å². The SMILES string of the molecule is CC1(C)Cc2nc(-c3cnccn3)ncc2C(NC(=O)CC2CCCC2)C1. The van der Waals surface area contributed by atoms with Gasteiger partial charge in [0.05, 0.1) is 17.9 Å². The number of amides is 1. The summed E-state index contributed by atoms with van der Waals surface area (Å²) in [5.41, 5.74) is 2.80. The Hall–Kier alpha value is -2.37. The Balaban J connectivity index is 1.56.